The Labute approximate surface area is 114 Å². The molecule has 2 aliphatic heterocycles. The van der Waals surface area contributed by atoms with Gasteiger partial charge in [0.1, 0.15) is 11.5 Å². The van der Waals surface area contributed by atoms with Crippen molar-refractivity contribution in [1.29, 1.82) is 0 Å². The molecule has 0 aromatic heterocycles. The first kappa shape index (κ1) is 11.6. The van der Waals surface area contributed by atoms with E-state index >= 15 is 0 Å². The highest BCUT2D eigenvalue weighted by Gasteiger charge is 2.32. The second-order valence-electron chi connectivity index (χ2n) is 6.06. The van der Waals surface area contributed by atoms with E-state index in [2.05, 4.69) is 6.07 Å². The third-order valence-corrected chi connectivity index (χ3v) is 4.87. The fourth-order valence-electron chi connectivity index (χ4n) is 3.86. The normalized spacial score (nSPS) is 28.5. The summed E-state index contributed by atoms with van der Waals surface area (Å²) in [7, 11) is 0. The molecule has 1 saturated carbocycles. The maximum atomic E-state index is 6.04. The molecule has 0 atom stereocenters. The second-order valence-corrected chi connectivity index (χ2v) is 6.06. The van der Waals surface area contributed by atoms with Gasteiger partial charge in [0.25, 0.3) is 0 Å². The standard InChI is InChI=1S/C16H21NO2/c17-12-3-1-10(2-4-12)15-13-6-8-18-14(13)9-11-5-7-19-16(11)15/h9-10,12H,1-8,17H2. The summed E-state index contributed by atoms with van der Waals surface area (Å²) in [4.78, 5) is 0. The van der Waals surface area contributed by atoms with Crippen LogP contribution in [0.1, 0.15) is 48.3 Å². The molecular formula is C16H21NO2. The van der Waals surface area contributed by atoms with Crippen molar-refractivity contribution < 1.29 is 9.47 Å². The van der Waals surface area contributed by atoms with Crippen LogP contribution in [-0.2, 0) is 12.8 Å². The van der Waals surface area contributed by atoms with Crippen LogP contribution in [0.15, 0.2) is 6.07 Å². The van der Waals surface area contributed by atoms with Gasteiger partial charge in [0.05, 0.1) is 13.2 Å². The van der Waals surface area contributed by atoms with E-state index in [9.17, 15) is 0 Å². The van der Waals surface area contributed by atoms with Gasteiger partial charge < -0.3 is 15.2 Å². The van der Waals surface area contributed by atoms with Crippen LogP contribution in [0, 0.1) is 0 Å². The molecular weight excluding hydrogens is 238 g/mol. The molecule has 1 aromatic rings. The third kappa shape index (κ3) is 1.83. The van der Waals surface area contributed by atoms with Gasteiger partial charge in [0, 0.05) is 35.6 Å². The summed E-state index contributed by atoms with van der Waals surface area (Å²) >= 11 is 0. The molecule has 1 aliphatic carbocycles. The minimum absolute atomic E-state index is 0.401. The topological polar surface area (TPSA) is 44.5 Å². The zero-order chi connectivity index (χ0) is 12.8. The van der Waals surface area contributed by atoms with E-state index in [4.69, 9.17) is 15.2 Å². The molecule has 19 heavy (non-hydrogen) atoms. The highest BCUT2D eigenvalue weighted by atomic mass is 16.5. The van der Waals surface area contributed by atoms with Crippen molar-refractivity contribution in [2.24, 2.45) is 5.73 Å². The zero-order valence-corrected chi connectivity index (χ0v) is 11.3. The molecule has 2 N–H and O–H groups in total. The van der Waals surface area contributed by atoms with Crippen LogP contribution in [-0.4, -0.2) is 19.3 Å². The summed E-state index contributed by atoms with van der Waals surface area (Å²) in [6, 6.07) is 2.61. The molecule has 0 unspecified atom stereocenters. The van der Waals surface area contributed by atoms with E-state index in [0.717, 1.165) is 44.6 Å². The summed E-state index contributed by atoms with van der Waals surface area (Å²) in [5.74, 6) is 2.93. The Morgan fingerprint density at radius 3 is 2.63 bits per heavy atom. The Kier molecular flexibility index (Phi) is 2.69. The highest BCUT2D eigenvalue weighted by molar-refractivity contribution is 5.58. The molecule has 3 heteroatoms. The van der Waals surface area contributed by atoms with Gasteiger partial charge in [-0.05, 0) is 37.7 Å². The van der Waals surface area contributed by atoms with E-state index < -0.39 is 0 Å². The monoisotopic (exact) mass is 259 g/mol. The van der Waals surface area contributed by atoms with Crippen LogP contribution in [0.3, 0.4) is 0 Å². The Hall–Kier alpha value is -1.22. The fourth-order valence-corrected chi connectivity index (χ4v) is 3.86. The lowest BCUT2D eigenvalue weighted by Gasteiger charge is -2.28. The predicted octanol–water partition coefficient (Wildman–Crippen LogP) is 2.54. The van der Waals surface area contributed by atoms with Crippen molar-refractivity contribution in [3.63, 3.8) is 0 Å². The fraction of sp³-hybridized carbons (Fsp3) is 0.625. The Balaban J connectivity index is 1.78. The summed E-state index contributed by atoms with van der Waals surface area (Å²) in [5.41, 5.74) is 10.3. The number of benzene rings is 1. The molecule has 0 bridgehead atoms. The first-order chi connectivity index (χ1) is 9.33. The van der Waals surface area contributed by atoms with Crippen molar-refractivity contribution in [2.75, 3.05) is 13.2 Å². The maximum absolute atomic E-state index is 6.04. The lowest BCUT2D eigenvalue weighted by atomic mass is 9.79. The molecule has 0 spiro atoms. The lowest BCUT2D eigenvalue weighted by molar-refractivity contribution is 0.338. The minimum atomic E-state index is 0.401. The molecule has 2 heterocycles. The van der Waals surface area contributed by atoms with Crippen LogP contribution in [0.4, 0.5) is 0 Å². The second kappa shape index (κ2) is 4.41. The number of rotatable bonds is 1. The average Bonchev–Trinajstić information content (AvgIpc) is 3.05. The molecule has 0 saturated heterocycles. The smallest absolute Gasteiger partial charge is 0.126 e. The van der Waals surface area contributed by atoms with Gasteiger partial charge >= 0.3 is 0 Å². The van der Waals surface area contributed by atoms with Crippen molar-refractivity contribution in [1.82, 2.24) is 0 Å². The van der Waals surface area contributed by atoms with Crippen molar-refractivity contribution >= 4 is 0 Å². The number of fused-ring (bicyclic) bond motifs is 2. The molecule has 0 radical (unpaired) electrons. The van der Waals surface area contributed by atoms with E-state index in [-0.39, 0.29) is 0 Å². The van der Waals surface area contributed by atoms with Crippen molar-refractivity contribution in [2.45, 2.75) is 50.5 Å². The van der Waals surface area contributed by atoms with Crippen LogP contribution >= 0.6 is 0 Å². The molecule has 1 aromatic carbocycles. The van der Waals surface area contributed by atoms with Gasteiger partial charge in [-0.1, -0.05) is 0 Å². The number of hydrogen-bond acceptors (Lipinski definition) is 3. The van der Waals surface area contributed by atoms with E-state index in [1.807, 2.05) is 0 Å². The number of hydrogen-bond donors (Lipinski definition) is 1. The Morgan fingerprint density at radius 2 is 1.79 bits per heavy atom. The summed E-state index contributed by atoms with van der Waals surface area (Å²) in [6.07, 6.45) is 6.77. The van der Waals surface area contributed by atoms with Crippen molar-refractivity contribution in [3.8, 4) is 11.5 Å². The largest absolute Gasteiger partial charge is 0.493 e. The van der Waals surface area contributed by atoms with E-state index in [0.29, 0.717) is 12.0 Å². The minimum Gasteiger partial charge on any atom is -0.493 e. The van der Waals surface area contributed by atoms with Crippen LogP contribution in [0.25, 0.3) is 0 Å². The van der Waals surface area contributed by atoms with Gasteiger partial charge in [-0.15, -0.1) is 0 Å². The van der Waals surface area contributed by atoms with Gasteiger partial charge in [-0.25, -0.2) is 0 Å². The van der Waals surface area contributed by atoms with Gasteiger partial charge in [-0.3, -0.25) is 0 Å². The molecule has 3 aliphatic rings. The lowest BCUT2D eigenvalue weighted by Crippen LogP contribution is -2.26. The number of ether oxygens (including phenoxy) is 2. The average molecular weight is 259 g/mol. The molecule has 3 nitrogen and oxygen atoms in total. The summed E-state index contributed by atoms with van der Waals surface area (Å²) in [5, 5.41) is 0. The highest BCUT2D eigenvalue weighted by Crippen LogP contribution is 2.47. The Morgan fingerprint density at radius 1 is 1.00 bits per heavy atom. The third-order valence-electron chi connectivity index (χ3n) is 4.87. The van der Waals surface area contributed by atoms with Crippen LogP contribution in [0.5, 0.6) is 11.5 Å². The van der Waals surface area contributed by atoms with Gasteiger partial charge in [0.15, 0.2) is 0 Å². The van der Waals surface area contributed by atoms with Crippen LogP contribution in [0.2, 0.25) is 0 Å². The molecule has 102 valence electrons. The van der Waals surface area contributed by atoms with E-state index in [1.54, 1.807) is 0 Å². The molecule has 0 amide bonds. The molecule has 4 rings (SSSR count). The maximum Gasteiger partial charge on any atom is 0.126 e. The SMILES string of the molecule is NC1CCC(c2c3c(cc4c2OCC4)OCC3)CC1. The van der Waals surface area contributed by atoms with Crippen LogP contribution < -0.4 is 15.2 Å². The molecule has 1 fully saturated rings. The first-order valence-electron chi connectivity index (χ1n) is 7.53. The quantitative estimate of drug-likeness (QED) is 0.843. The Bertz CT molecular complexity index is 472. The summed E-state index contributed by atoms with van der Waals surface area (Å²) in [6.45, 7) is 1.66. The van der Waals surface area contributed by atoms with Gasteiger partial charge in [0.2, 0.25) is 0 Å². The van der Waals surface area contributed by atoms with E-state index in [1.165, 1.54) is 35.3 Å². The summed E-state index contributed by atoms with van der Waals surface area (Å²) < 4.78 is 11.7. The van der Waals surface area contributed by atoms with Gasteiger partial charge in [-0.2, -0.15) is 0 Å². The number of nitrogens with two attached hydrogens (primary N) is 1. The van der Waals surface area contributed by atoms with Crippen molar-refractivity contribution in [3.05, 3.63) is 22.8 Å². The predicted molar refractivity (Wildman–Crippen MR) is 74.0 cm³/mol. The first-order valence-corrected chi connectivity index (χ1v) is 7.53. The zero-order valence-electron chi connectivity index (χ0n) is 11.3.